The number of amides is 1. The highest BCUT2D eigenvalue weighted by Gasteiger charge is 2.22. The maximum atomic E-state index is 11.5. The van der Waals surface area contributed by atoms with Gasteiger partial charge in [-0.05, 0) is 6.07 Å². The van der Waals surface area contributed by atoms with Crippen molar-refractivity contribution in [1.82, 2.24) is 5.43 Å². The first-order valence-corrected chi connectivity index (χ1v) is 5.65. The normalized spacial score (nSPS) is 15.8. The van der Waals surface area contributed by atoms with Crippen molar-refractivity contribution in [2.45, 2.75) is 0 Å². The lowest BCUT2D eigenvalue weighted by Crippen LogP contribution is -2.42. The Bertz CT molecular complexity index is 421. The first-order valence-electron chi connectivity index (χ1n) is 5.28. The van der Waals surface area contributed by atoms with Gasteiger partial charge in [0.1, 0.15) is 13.1 Å². The third-order valence-electron chi connectivity index (χ3n) is 2.59. The van der Waals surface area contributed by atoms with Crippen molar-refractivity contribution in [2.24, 2.45) is 5.84 Å². The van der Waals surface area contributed by atoms with Crippen LogP contribution in [-0.4, -0.2) is 32.2 Å². The topological polar surface area (TPSA) is 81.7 Å². The molecule has 0 atom stereocenters. The Labute approximate surface area is 104 Å². The molecule has 0 spiro atoms. The predicted molar refractivity (Wildman–Crippen MR) is 62.7 cm³/mol. The number of nitrogens with two attached hydrogens (primary N) is 1. The van der Waals surface area contributed by atoms with E-state index in [0.717, 1.165) is 18.9 Å². The van der Waals surface area contributed by atoms with Crippen molar-refractivity contribution in [3.05, 3.63) is 22.8 Å². The largest absolute Gasteiger partial charge is 0.373 e. The number of nitrogens with zero attached hydrogens (tertiary/aromatic N) is 1. The molecule has 92 valence electrons. The molecule has 0 aromatic carbocycles. The molecule has 2 heterocycles. The van der Waals surface area contributed by atoms with Gasteiger partial charge in [-0.2, -0.15) is 0 Å². The first kappa shape index (κ1) is 12.1. The highest BCUT2D eigenvalue weighted by Crippen LogP contribution is 2.16. The molecule has 4 N–H and O–H groups in total. The zero-order chi connectivity index (χ0) is 12.3. The summed E-state index contributed by atoms with van der Waals surface area (Å²) in [6, 6.07) is 3.51. The second-order valence-electron chi connectivity index (χ2n) is 3.64. The van der Waals surface area contributed by atoms with Crippen molar-refractivity contribution < 1.29 is 14.5 Å². The van der Waals surface area contributed by atoms with Crippen molar-refractivity contribution in [1.29, 1.82) is 0 Å². The van der Waals surface area contributed by atoms with E-state index in [-0.39, 0.29) is 5.69 Å². The van der Waals surface area contributed by atoms with Crippen LogP contribution in [0.5, 0.6) is 0 Å². The highest BCUT2D eigenvalue weighted by atomic mass is 35.5. The second kappa shape index (κ2) is 5.31. The molecule has 2 rings (SSSR count). The lowest BCUT2D eigenvalue weighted by Gasteiger charge is -2.21. The van der Waals surface area contributed by atoms with Crippen molar-refractivity contribution in [3.8, 4) is 0 Å². The summed E-state index contributed by atoms with van der Waals surface area (Å²) in [6.45, 7) is 2.91. The number of nitrogen functional groups attached to an aromatic ring is 1. The van der Waals surface area contributed by atoms with Gasteiger partial charge in [0.2, 0.25) is 5.69 Å². The maximum Gasteiger partial charge on any atom is 0.306 e. The summed E-state index contributed by atoms with van der Waals surface area (Å²) in [7, 11) is 0. The number of hydrazine groups is 1. The Morgan fingerprint density at radius 1 is 1.47 bits per heavy atom. The van der Waals surface area contributed by atoms with E-state index in [1.165, 1.54) is 0 Å². The molecule has 6 nitrogen and oxygen atoms in total. The smallest absolute Gasteiger partial charge is 0.306 e. The molecule has 1 aromatic heterocycles. The number of carbonyl (C=O) groups is 1. The number of aromatic nitrogens is 1. The van der Waals surface area contributed by atoms with Crippen LogP contribution >= 0.6 is 11.6 Å². The fourth-order valence-electron chi connectivity index (χ4n) is 1.69. The Balaban J connectivity index is 2.26. The molecule has 1 aliphatic rings. The standard InChI is InChI=1S/C10H13ClN4O2/c11-7-1-2-8(13-9(7)10(16)14-12)15-3-5-17-6-4-15/h1-2H,3-6,12H2,(H,14,16)/p+1. The number of hydrogen-bond donors (Lipinski definition) is 2. The summed E-state index contributed by atoms with van der Waals surface area (Å²) in [6.07, 6.45) is 0. The van der Waals surface area contributed by atoms with E-state index in [1.807, 2.05) is 6.07 Å². The van der Waals surface area contributed by atoms with Crippen LogP contribution in [0.3, 0.4) is 0 Å². The molecule has 0 radical (unpaired) electrons. The minimum absolute atomic E-state index is 0.262. The molecule has 0 unspecified atom stereocenters. The molecule has 1 saturated heterocycles. The van der Waals surface area contributed by atoms with E-state index < -0.39 is 5.91 Å². The average molecular weight is 258 g/mol. The van der Waals surface area contributed by atoms with Crippen LogP contribution in [0.1, 0.15) is 10.5 Å². The SMILES string of the molecule is NNC(=O)c1[nH+]c(N2CCOCC2)ccc1Cl. The Morgan fingerprint density at radius 3 is 2.82 bits per heavy atom. The van der Waals surface area contributed by atoms with Crippen molar-refractivity contribution in [3.63, 3.8) is 0 Å². The number of halogens is 1. The molecule has 0 saturated carbocycles. The van der Waals surface area contributed by atoms with Gasteiger partial charge in [0.05, 0.1) is 18.2 Å². The van der Waals surface area contributed by atoms with E-state index in [9.17, 15) is 4.79 Å². The van der Waals surface area contributed by atoms with Crippen LogP contribution in [-0.2, 0) is 4.74 Å². The third-order valence-corrected chi connectivity index (χ3v) is 2.90. The van der Waals surface area contributed by atoms with Crippen molar-refractivity contribution in [2.75, 3.05) is 31.2 Å². The molecule has 1 aliphatic heterocycles. The van der Waals surface area contributed by atoms with E-state index in [1.54, 1.807) is 6.07 Å². The molecular weight excluding hydrogens is 244 g/mol. The number of anilines is 1. The minimum Gasteiger partial charge on any atom is -0.373 e. The van der Waals surface area contributed by atoms with Crippen LogP contribution in [0.25, 0.3) is 0 Å². The highest BCUT2D eigenvalue weighted by molar-refractivity contribution is 6.33. The van der Waals surface area contributed by atoms with Gasteiger partial charge in [-0.1, -0.05) is 11.6 Å². The Hall–Kier alpha value is -1.37. The van der Waals surface area contributed by atoms with Crippen LogP contribution in [0.15, 0.2) is 12.1 Å². The Morgan fingerprint density at radius 2 is 2.18 bits per heavy atom. The number of nitrogens with one attached hydrogen (secondary N) is 2. The fraction of sp³-hybridized carbons (Fsp3) is 0.400. The lowest BCUT2D eigenvalue weighted by atomic mass is 10.3. The number of aromatic amines is 1. The second-order valence-corrected chi connectivity index (χ2v) is 4.05. The Kier molecular flexibility index (Phi) is 3.78. The number of rotatable bonds is 2. The zero-order valence-electron chi connectivity index (χ0n) is 9.20. The van der Waals surface area contributed by atoms with E-state index in [0.29, 0.717) is 18.2 Å². The van der Waals surface area contributed by atoms with Gasteiger partial charge in [-0.25, -0.2) is 10.8 Å². The van der Waals surface area contributed by atoms with Crippen molar-refractivity contribution >= 4 is 23.3 Å². The van der Waals surface area contributed by atoms with Gasteiger partial charge >= 0.3 is 5.91 Å². The van der Waals surface area contributed by atoms with Crippen LogP contribution in [0.2, 0.25) is 5.02 Å². The molecule has 17 heavy (non-hydrogen) atoms. The maximum absolute atomic E-state index is 11.5. The van der Waals surface area contributed by atoms with Gasteiger partial charge in [0.25, 0.3) is 5.82 Å². The minimum atomic E-state index is -0.440. The van der Waals surface area contributed by atoms with Crippen LogP contribution < -0.4 is 21.2 Å². The summed E-state index contributed by atoms with van der Waals surface area (Å²) in [5.41, 5.74) is 2.32. The van der Waals surface area contributed by atoms with Gasteiger partial charge in [0.15, 0.2) is 0 Å². The summed E-state index contributed by atoms with van der Waals surface area (Å²) in [4.78, 5) is 16.5. The number of hydrogen-bond acceptors (Lipinski definition) is 4. The molecule has 0 bridgehead atoms. The monoisotopic (exact) mass is 257 g/mol. The number of pyridine rings is 1. The lowest BCUT2D eigenvalue weighted by molar-refractivity contribution is -0.368. The number of morpholine rings is 1. The third kappa shape index (κ3) is 2.66. The van der Waals surface area contributed by atoms with E-state index >= 15 is 0 Å². The molecule has 1 amide bonds. The molecule has 1 aromatic rings. The average Bonchev–Trinajstić information content (AvgIpc) is 2.39. The molecule has 1 fully saturated rings. The molecule has 7 heteroatoms. The van der Waals surface area contributed by atoms with Crippen LogP contribution in [0.4, 0.5) is 5.82 Å². The predicted octanol–water partition coefficient (Wildman–Crippen LogP) is -0.406. The van der Waals surface area contributed by atoms with E-state index in [4.69, 9.17) is 22.2 Å². The van der Waals surface area contributed by atoms with Gasteiger partial charge in [0, 0.05) is 6.07 Å². The molecule has 0 aliphatic carbocycles. The zero-order valence-corrected chi connectivity index (χ0v) is 9.96. The summed E-state index contributed by atoms with van der Waals surface area (Å²) in [5, 5.41) is 0.338. The first-order chi connectivity index (χ1) is 8.22. The number of H-pyrrole nitrogens is 1. The van der Waals surface area contributed by atoms with Gasteiger partial charge in [-0.15, -0.1) is 0 Å². The van der Waals surface area contributed by atoms with Crippen LogP contribution in [0, 0.1) is 0 Å². The van der Waals surface area contributed by atoms with E-state index in [2.05, 4.69) is 15.3 Å². The fourth-order valence-corrected chi connectivity index (χ4v) is 1.89. The summed E-state index contributed by atoms with van der Waals surface area (Å²) < 4.78 is 5.26. The number of ether oxygens (including phenoxy) is 1. The number of carbonyl (C=O) groups excluding carboxylic acids is 1. The molecular formula is C10H14ClN4O2+. The quantitative estimate of drug-likeness (QED) is 0.429. The summed E-state index contributed by atoms with van der Waals surface area (Å²) >= 11 is 5.92. The summed E-state index contributed by atoms with van der Waals surface area (Å²) in [5.74, 6) is 5.48. The van der Waals surface area contributed by atoms with Gasteiger partial charge in [-0.3, -0.25) is 15.1 Å². The van der Waals surface area contributed by atoms with Gasteiger partial charge < -0.3 is 4.74 Å².